The lowest BCUT2D eigenvalue weighted by Gasteiger charge is -2.36. The molecule has 3 aromatic rings. The van der Waals surface area contributed by atoms with Crippen molar-refractivity contribution >= 4 is 23.8 Å². The van der Waals surface area contributed by atoms with Gasteiger partial charge in [-0.05, 0) is 69.5 Å². The Balaban J connectivity index is 1.42. The van der Waals surface area contributed by atoms with Gasteiger partial charge in [0.05, 0.1) is 12.7 Å². The molecular formula is C36H46N4O5. The molecular weight excluding hydrogens is 568 g/mol. The van der Waals surface area contributed by atoms with Crippen LogP contribution >= 0.6 is 0 Å². The number of methoxy groups -OCH3 is 1. The minimum absolute atomic E-state index is 0.131. The Kier molecular flexibility index (Phi) is 12.0. The molecule has 1 aliphatic rings. The number of esters is 1. The van der Waals surface area contributed by atoms with E-state index < -0.39 is 11.6 Å². The second kappa shape index (κ2) is 16.1. The Hall–Kier alpha value is -4.37. The van der Waals surface area contributed by atoms with Crippen molar-refractivity contribution in [2.75, 3.05) is 58.2 Å². The van der Waals surface area contributed by atoms with E-state index in [1.807, 2.05) is 62.1 Å². The third-order valence-electron chi connectivity index (χ3n) is 7.84. The van der Waals surface area contributed by atoms with Crippen LogP contribution in [-0.4, -0.2) is 91.3 Å². The Labute approximate surface area is 267 Å². The van der Waals surface area contributed by atoms with Gasteiger partial charge in [0, 0.05) is 50.9 Å². The van der Waals surface area contributed by atoms with Crippen molar-refractivity contribution in [3.63, 3.8) is 0 Å². The number of carbonyl (C=O) groups is 3. The molecule has 1 saturated heterocycles. The highest BCUT2D eigenvalue weighted by atomic mass is 16.6. The fourth-order valence-corrected chi connectivity index (χ4v) is 5.51. The van der Waals surface area contributed by atoms with Crippen molar-refractivity contribution < 1.29 is 23.9 Å². The number of amides is 3. The third-order valence-corrected chi connectivity index (χ3v) is 7.84. The number of hydrogen-bond acceptors (Lipinski definition) is 6. The number of hydrogen-bond donors (Lipinski definition) is 1. The summed E-state index contributed by atoms with van der Waals surface area (Å²) in [5, 5.41) is 3.00. The predicted octanol–water partition coefficient (Wildman–Crippen LogP) is 6.47. The Morgan fingerprint density at radius 2 is 1.47 bits per heavy atom. The molecule has 0 radical (unpaired) electrons. The van der Waals surface area contributed by atoms with Gasteiger partial charge in [-0.1, -0.05) is 66.7 Å². The van der Waals surface area contributed by atoms with Gasteiger partial charge in [-0.25, -0.2) is 14.4 Å². The molecule has 0 bridgehead atoms. The molecule has 4 rings (SSSR count). The number of anilines is 1. The number of carbonyl (C=O) groups excluding carboxylic acids is 3. The highest BCUT2D eigenvalue weighted by Gasteiger charge is 2.26. The number of nitrogens with one attached hydrogen (secondary N) is 1. The Morgan fingerprint density at radius 3 is 2.04 bits per heavy atom. The van der Waals surface area contributed by atoms with Gasteiger partial charge in [0.25, 0.3) is 0 Å². The number of nitrogens with zero attached hydrogens (tertiary/aromatic N) is 3. The molecule has 9 nitrogen and oxygen atoms in total. The lowest BCUT2D eigenvalue weighted by molar-refractivity contribution is 0.0143. The zero-order chi connectivity index (χ0) is 32.2. The summed E-state index contributed by atoms with van der Waals surface area (Å²) in [4.78, 5) is 44.2. The summed E-state index contributed by atoms with van der Waals surface area (Å²) in [6, 6.07) is 27.3. The van der Waals surface area contributed by atoms with E-state index in [2.05, 4.69) is 34.5 Å². The zero-order valence-electron chi connectivity index (χ0n) is 26.9. The largest absolute Gasteiger partial charge is 0.465 e. The lowest BCUT2D eigenvalue weighted by Crippen LogP contribution is -2.50. The molecule has 1 aliphatic heterocycles. The topological polar surface area (TPSA) is 91.4 Å². The van der Waals surface area contributed by atoms with E-state index in [1.54, 1.807) is 29.2 Å². The highest BCUT2D eigenvalue weighted by molar-refractivity contribution is 5.93. The van der Waals surface area contributed by atoms with Gasteiger partial charge in [0.15, 0.2) is 0 Å². The molecule has 0 aliphatic carbocycles. The maximum atomic E-state index is 13.7. The van der Waals surface area contributed by atoms with Gasteiger partial charge in [-0.15, -0.1) is 0 Å². The minimum atomic E-state index is -0.515. The van der Waals surface area contributed by atoms with Crippen LogP contribution in [0.4, 0.5) is 15.3 Å². The van der Waals surface area contributed by atoms with E-state index in [0.717, 1.165) is 32.5 Å². The molecule has 1 fully saturated rings. The summed E-state index contributed by atoms with van der Waals surface area (Å²) in [6.07, 6.45) is 1.26. The van der Waals surface area contributed by atoms with Gasteiger partial charge in [-0.3, -0.25) is 4.90 Å². The fourth-order valence-electron chi connectivity index (χ4n) is 5.51. The fraction of sp³-hybridized carbons (Fsp3) is 0.417. The maximum Gasteiger partial charge on any atom is 0.410 e. The van der Waals surface area contributed by atoms with Crippen molar-refractivity contribution in [1.29, 1.82) is 0 Å². The SMILES string of the molecule is COC(=O)c1cccc(NC(=O)N(CCCN2CCN(C(=O)OC(C)(C)C)CC2)CCC(c2ccccc2)c2ccccc2)c1. The van der Waals surface area contributed by atoms with Crippen molar-refractivity contribution in [1.82, 2.24) is 14.7 Å². The minimum Gasteiger partial charge on any atom is -0.465 e. The van der Waals surface area contributed by atoms with Gasteiger partial charge in [0.2, 0.25) is 0 Å². The average Bonchev–Trinajstić information content (AvgIpc) is 3.04. The zero-order valence-corrected chi connectivity index (χ0v) is 26.9. The second-order valence-corrected chi connectivity index (χ2v) is 12.3. The van der Waals surface area contributed by atoms with Crippen LogP contribution in [0.2, 0.25) is 0 Å². The molecule has 0 saturated carbocycles. The van der Waals surface area contributed by atoms with Crippen molar-refractivity contribution in [3.05, 3.63) is 102 Å². The van der Waals surface area contributed by atoms with E-state index in [0.29, 0.717) is 37.4 Å². The van der Waals surface area contributed by atoms with Crippen LogP contribution in [0.3, 0.4) is 0 Å². The van der Waals surface area contributed by atoms with Gasteiger partial charge < -0.3 is 24.6 Å². The molecule has 3 aromatic carbocycles. The van der Waals surface area contributed by atoms with E-state index in [9.17, 15) is 14.4 Å². The molecule has 9 heteroatoms. The average molecular weight is 615 g/mol. The molecule has 0 atom stereocenters. The van der Waals surface area contributed by atoms with Crippen LogP contribution in [0, 0.1) is 0 Å². The van der Waals surface area contributed by atoms with Crippen LogP contribution in [0.1, 0.15) is 61.0 Å². The normalized spacial score (nSPS) is 13.8. The first-order chi connectivity index (χ1) is 21.6. The molecule has 45 heavy (non-hydrogen) atoms. The molecule has 1 N–H and O–H groups in total. The quantitative estimate of drug-likeness (QED) is 0.249. The predicted molar refractivity (Wildman–Crippen MR) is 177 cm³/mol. The molecule has 240 valence electrons. The van der Waals surface area contributed by atoms with E-state index in [1.165, 1.54) is 18.2 Å². The standard InChI is InChI=1S/C36H46N4O5/c1-36(2,3)45-35(43)40-25-23-38(24-26-40)20-12-21-39(34(42)37-31-18-11-17-30(27-31)33(41)44-4)22-19-32(28-13-7-5-8-14-28)29-15-9-6-10-16-29/h5-11,13-18,27,32H,12,19-26H2,1-4H3,(H,37,42). The third kappa shape index (κ3) is 10.4. The van der Waals surface area contributed by atoms with Crippen molar-refractivity contribution in [2.45, 2.75) is 45.1 Å². The van der Waals surface area contributed by atoms with E-state index in [4.69, 9.17) is 9.47 Å². The summed E-state index contributed by atoms with van der Waals surface area (Å²) < 4.78 is 10.4. The van der Waals surface area contributed by atoms with Crippen molar-refractivity contribution in [3.8, 4) is 0 Å². The summed E-state index contributed by atoms with van der Waals surface area (Å²) in [5.74, 6) is -0.324. The maximum absolute atomic E-state index is 13.7. The monoisotopic (exact) mass is 614 g/mol. The Bertz CT molecular complexity index is 1350. The number of piperazine rings is 1. The van der Waals surface area contributed by atoms with Crippen LogP contribution in [0.25, 0.3) is 0 Å². The number of ether oxygens (including phenoxy) is 2. The molecule has 3 amide bonds. The van der Waals surface area contributed by atoms with Crippen LogP contribution in [0.15, 0.2) is 84.9 Å². The van der Waals surface area contributed by atoms with Gasteiger partial charge in [-0.2, -0.15) is 0 Å². The summed E-state index contributed by atoms with van der Waals surface area (Å²) in [7, 11) is 1.34. The smallest absolute Gasteiger partial charge is 0.410 e. The molecule has 0 aromatic heterocycles. The van der Waals surface area contributed by atoms with E-state index in [-0.39, 0.29) is 18.0 Å². The molecule has 0 unspecified atom stereocenters. The first kappa shape index (κ1) is 33.5. The lowest BCUT2D eigenvalue weighted by atomic mass is 9.88. The summed E-state index contributed by atoms with van der Waals surface area (Å²) >= 11 is 0. The molecule has 0 spiro atoms. The highest BCUT2D eigenvalue weighted by Crippen LogP contribution is 2.28. The van der Waals surface area contributed by atoms with Crippen LogP contribution in [-0.2, 0) is 9.47 Å². The van der Waals surface area contributed by atoms with Crippen LogP contribution in [0.5, 0.6) is 0 Å². The summed E-state index contributed by atoms with van der Waals surface area (Å²) in [6.45, 7) is 10.3. The summed E-state index contributed by atoms with van der Waals surface area (Å²) in [5.41, 5.74) is 2.81. The van der Waals surface area contributed by atoms with Gasteiger partial charge in [0.1, 0.15) is 5.60 Å². The molecule has 1 heterocycles. The first-order valence-electron chi connectivity index (χ1n) is 15.7. The van der Waals surface area contributed by atoms with Gasteiger partial charge >= 0.3 is 18.1 Å². The number of rotatable bonds is 11. The second-order valence-electron chi connectivity index (χ2n) is 12.3. The van der Waals surface area contributed by atoms with E-state index >= 15 is 0 Å². The van der Waals surface area contributed by atoms with Crippen LogP contribution < -0.4 is 5.32 Å². The van der Waals surface area contributed by atoms with Crippen molar-refractivity contribution in [2.24, 2.45) is 0 Å². The number of urea groups is 1. The number of benzene rings is 3. The Morgan fingerprint density at radius 1 is 0.844 bits per heavy atom. The first-order valence-corrected chi connectivity index (χ1v) is 15.7.